The number of carbonyl (C=O) groups is 3. The van der Waals surface area contributed by atoms with Crippen LogP contribution < -0.4 is 0 Å². The van der Waals surface area contributed by atoms with Crippen molar-refractivity contribution < 1.29 is 27.6 Å². The summed E-state index contributed by atoms with van der Waals surface area (Å²) >= 11 is 1.25. The first kappa shape index (κ1) is 22.9. The topological polar surface area (TPSA) is 57.7 Å². The lowest BCUT2D eigenvalue weighted by Gasteiger charge is -2.34. The average Bonchev–Trinajstić information content (AvgIpc) is 2.78. The molecule has 0 radical (unpaired) electrons. The van der Waals surface area contributed by atoms with Gasteiger partial charge in [0.25, 0.3) is 5.91 Å². The van der Waals surface area contributed by atoms with Gasteiger partial charge in [0, 0.05) is 37.3 Å². The fourth-order valence-corrected chi connectivity index (χ4v) is 3.98. The lowest BCUT2D eigenvalue weighted by molar-refractivity contribution is -0.137. The van der Waals surface area contributed by atoms with Gasteiger partial charge in [-0.2, -0.15) is 13.2 Å². The number of hydrogen-bond acceptors (Lipinski definition) is 4. The summed E-state index contributed by atoms with van der Waals surface area (Å²) in [5.41, 5.74) is -0.0108. The van der Waals surface area contributed by atoms with E-state index in [-0.39, 0.29) is 34.7 Å². The minimum absolute atomic E-state index is 0.0367. The van der Waals surface area contributed by atoms with Gasteiger partial charge in [0.1, 0.15) is 0 Å². The molecule has 2 aromatic carbocycles. The Hall–Kier alpha value is -2.81. The lowest BCUT2D eigenvalue weighted by Crippen LogP contribution is -2.51. The SMILES string of the molecule is O=C(CSCC(=O)N1CCN(C(=O)c2ccc(C(F)(F)F)cc2)CC1)c1ccccc1. The lowest BCUT2D eigenvalue weighted by atomic mass is 10.1. The molecule has 0 atom stereocenters. The average molecular weight is 450 g/mol. The number of halogens is 3. The van der Waals surface area contributed by atoms with Crippen molar-refractivity contribution in [2.75, 3.05) is 37.7 Å². The van der Waals surface area contributed by atoms with Crippen molar-refractivity contribution >= 4 is 29.4 Å². The molecular weight excluding hydrogens is 429 g/mol. The molecule has 31 heavy (non-hydrogen) atoms. The summed E-state index contributed by atoms with van der Waals surface area (Å²) in [4.78, 5) is 40.1. The Kier molecular flexibility index (Phi) is 7.37. The molecular formula is C22H21F3N2O3S. The molecule has 0 saturated carbocycles. The predicted octanol–water partition coefficient (Wildman–Crippen LogP) is 3.61. The van der Waals surface area contributed by atoms with Crippen LogP contribution in [0.25, 0.3) is 0 Å². The van der Waals surface area contributed by atoms with Crippen LogP contribution in [-0.4, -0.2) is 65.1 Å². The number of thioether (sulfide) groups is 1. The quantitative estimate of drug-likeness (QED) is 0.631. The summed E-state index contributed by atoms with van der Waals surface area (Å²) in [6.45, 7) is 1.30. The van der Waals surface area contributed by atoms with Gasteiger partial charge in [0.2, 0.25) is 5.91 Å². The van der Waals surface area contributed by atoms with Crippen LogP contribution in [0.1, 0.15) is 26.3 Å². The van der Waals surface area contributed by atoms with Gasteiger partial charge in [0.15, 0.2) is 5.78 Å². The molecule has 0 spiro atoms. The standard InChI is InChI=1S/C22H21F3N2O3S/c23-22(24,25)18-8-6-17(7-9-18)21(30)27-12-10-26(11-13-27)20(29)15-31-14-19(28)16-4-2-1-3-5-16/h1-9H,10-15H2. The summed E-state index contributed by atoms with van der Waals surface area (Å²) in [6, 6.07) is 13.0. The van der Waals surface area contributed by atoms with Gasteiger partial charge in [-0.05, 0) is 24.3 Å². The summed E-state index contributed by atoms with van der Waals surface area (Å²) < 4.78 is 38.0. The first-order valence-electron chi connectivity index (χ1n) is 9.66. The second-order valence-electron chi connectivity index (χ2n) is 7.03. The molecule has 3 rings (SSSR count). The smallest absolute Gasteiger partial charge is 0.338 e. The maximum Gasteiger partial charge on any atom is 0.416 e. The summed E-state index contributed by atoms with van der Waals surface area (Å²) in [5, 5.41) is 0. The Bertz CT molecular complexity index is 925. The van der Waals surface area contributed by atoms with Crippen molar-refractivity contribution in [3.05, 3.63) is 71.3 Å². The number of hydrogen-bond donors (Lipinski definition) is 0. The highest BCUT2D eigenvalue weighted by Crippen LogP contribution is 2.29. The van der Waals surface area contributed by atoms with E-state index in [1.807, 2.05) is 6.07 Å². The van der Waals surface area contributed by atoms with Crippen LogP contribution in [0.3, 0.4) is 0 Å². The molecule has 0 N–H and O–H groups in total. The van der Waals surface area contributed by atoms with Gasteiger partial charge in [-0.1, -0.05) is 30.3 Å². The Morgan fingerprint density at radius 2 is 1.35 bits per heavy atom. The van der Waals surface area contributed by atoms with E-state index in [1.54, 1.807) is 29.2 Å². The van der Waals surface area contributed by atoms with E-state index < -0.39 is 11.7 Å². The Balaban J connectivity index is 1.44. The van der Waals surface area contributed by atoms with Gasteiger partial charge in [-0.15, -0.1) is 11.8 Å². The molecule has 0 bridgehead atoms. The van der Waals surface area contributed by atoms with E-state index in [0.717, 1.165) is 12.1 Å². The zero-order valence-corrected chi connectivity index (χ0v) is 17.4. The number of piperazine rings is 1. The molecule has 0 aromatic heterocycles. The first-order valence-corrected chi connectivity index (χ1v) is 10.8. The number of ketones is 1. The second-order valence-corrected chi connectivity index (χ2v) is 8.02. The Morgan fingerprint density at radius 3 is 1.94 bits per heavy atom. The van der Waals surface area contributed by atoms with Gasteiger partial charge < -0.3 is 9.80 Å². The Morgan fingerprint density at radius 1 is 0.774 bits per heavy atom. The minimum Gasteiger partial charge on any atom is -0.338 e. The van der Waals surface area contributed by atoms with Crippen LogP contribution in [0.5, 0.6) is 0 Å². The van der Waals surface area contributed by atoms with Crippen molar-refractivity contribution in [1.82, 2.24) is 9.80 Å². The first-order chi connectivity index (χ1) is 14.8. The van der Waals surface area contributed by atoms with Crippen LogP contribution in [0.15, 0.2) is 54.6 Å². The predicted molar refractivity (Wildman–Crippen MR) is 112 cm³/mol. The minimum atomic E-state index is -4.45. The van der Waals surface area contributed by atoms with Crippen LogP contribution in [0.2, 0.25) is 0 Å². The number of rotatable bonds is 6. The monoisotopic (exact) mass is 450 g/mol. The van der Waals surface area contributed by atoms with E-state index in [9.17, 15) is 27.6 Å². The molecule has 1 aliphatic heterocycles. The van der Waals surface area contributed by atoms with Gasteiger partial charge >= 0.3 is 6.18 Å². The van der Waals surface area contributed by atoms with Gasteiger partial charge in [-0.3, -0.25) is 14.4 Å². The van der Waals surface area contributed by atoms with Crippen molar-refractivity contribution in [2.24, 2.45) is 0 Å². The summed E-state index contributed by atoms with van der Waals surface area (Å²) in [6.07, 6.45) is -4.45. The van der Waals surface area contributed by atoms with E-state index in [1.165, 1.54) is 28.8 Å². The molecule has 164 valence electrons. The molecule has 0 aliphatic carbocycles. The van der Waals surface area contributed by atoms with Crippen LogP contribution in [0.4, 0.5) is 13.2 Å². The summed E-state index contributed by atoms with van der Waals surface area (Å²) in [5.74, 6) is -0.116. The molecule has 2 amide bonds. The highest BCUT2D eigenvalue weighted by molar-refractivity contribution is 8.00. The molecule has 1 heterocycles. The molecule has 0 unspecified atom stereocenters. The van der Waals surface area contributed by atoms with E-state index >= 15 is 0 Å². The highest BCUT2D eigenvalue weighted by Gasteiger charge is 2.31. The number of benzene rings is 2. The van der Waals surface area contributed by atoms with Crippen LogP contribution in [-0.2, 0) is 11.0 Å². The fourth-order valence-electron chi connectivity index (χ4n) is 3.17. The maximum absolute atomic E-state index is 12.7. The van der Waals surface area contributed by atoms with Crippen molar-refractivity contribution in [2.45, 2.75) is 6.18 Å². The third kappa shape index (κ3) is 6.10. The third-order valence-corrected chi connectivity index (χ3v) is 5.85. The molecule has 9 heteroatoms. The molecule has 2 aromatic rings. The number of Topliss-reactive ketones (excluding diaryl/α,β-unsaturated/α-hetero) is 1. The van der Waals surface area contributed by atoms with Crippen molar-refractivity contribution in [1.29, 1.82) is 0 Å². The zero-order chi connectivity index (χ0) is 22.4. The van der Waals surface area contributed by atoms with Crippen molar-refractivity contribution in [3.63, 3.8) is 0 Å². The molecule has 1 fully saturated rings. The van der Waals surface area contributed by atoms with Crippen LogP contribution >= 0.6 is 11.8 Å². The van der Waals surface area contributed by atoms with E-state index in [0.29, 0.717) is 31.7 Å². The van der Waals surface area contributed by atoms with E-state index in [2.05, 4.69) is 0 Å². The number of nitrogens with zero attached hydrogens (tertiary/aromatic N) is 2. The number of alkyl halides is 3. The largest absolute Gasteiger partial charge is 0.416 e. The van der Waals surface area contributed by atoms with Crippen molar-refractivity contribution in [3.8, 4) is 0 Å². The maximum atomic E-state index is 12.7. The second kappa shape index (κ2) is 10.00. The molecule has 5 nitrogen and oxygen atoms in total. The normalized spacial score (nSPS) is 14.4. The third-order valence-electron chi connectivity index (χ3n) is 4.93. The number of amides is 2. The van der Waals surface area contributed by atoms with Gasteiger partial charge in [-0.25, -0.2) is 0 Å². The highest BCUT2D eigenvalue weighted by atomic mass is 32.2. The number of carbonyl (C=O) groups excluding carboxylic acids is 3. The summed E-state index contributed by atoms with van der Waals surface area (Å²) in [7, 11) is 0. The molecule has 1 saturated heterocycles. The molecule has 1 aliphatic rings. The Labute approximate surface area is 182 Å². The van der Waals surface area contributed by atoms with Gasteiger partial charge in [0.05, 0.1) is 17.1 Å². The van der Waals surface area contributed by atoms with Crippen LogP contribution in [0, 0.1) is 0 Å². The fraction of sp³-hybridized carbons (Fsp3) is 0.318. The van der Waals surface area contributed by atoms with E-state index in [4.69, 9.17) is 0 Å². The zero-order valence-electron chi connectivity index (χ0n) is 16.6.